The molecule has 0 saturated heterocycles. The van der Waals surface area contributed by atoms with E-state index in [9.17, 15) is 9.59 Å². The quantitative estimate of drug-likeness (QED) is 0.529. The lowest BCUT2D eigenvalue weighted by atomic mass is 10.0. The zero-order valence-corrected chi connectivity index (χ0v) is 14.6. The molecular weight excluding hydrogens is 300 g/mol. The first-order valence-electron chi connectivity index (χ1n) is 7.42. The van der Waals surface area contributed by atoms with Crippen molar-refractivity contribution in [2.75, 3.05) is 13.2 Å². The fourth-order valence-electron chi connectivity index (χ4n) is 2.12. The summed E-state index contributed by atoms with van der Waals surface area (Å²) in [5.74, 6) is -0.180. The molecule has 0 fully saturated rings. The lowest BCUT2D eigenvalue weighted by molar-refractivity contribution is 0.0151. The van der Waals surface area contributed by atoms with Gasteiger partial charge in [0.1, 0.15) is 11.4 Å². The van der Waals surface area contributed by atoms with Crippen LogP contribution in [0.5, 0.6) is 0 Å². The first-order chi connectivity index (χ1) is 10.4. The number of carbonyl (C=O) groups is 2. The van der Waals surface area contributed by atoms with Gasteiger partial charge in [0.25, 0.3) is 0 Å². The Labute approximate surface area is 136 Å². The van der Waals surface area contributed by atoms with Crippen molar-refractivity contribution in [3.05, 3.63) is 11.3 Å². The second-order valence-corrected chi connectivity index (χ2v) is 6.74. The number of nitrogens with two attached hydrogens (primary N) is 1. The lowest BCUT2D eigenvalue weighted by Gasteiger charge is -2.34. The maximum atomic E-state index is 12.4. The Morgan fingerprint density at radius 2 is 1.96 bits per heavy atom. The number of amides is 2. The third-order valence-corrected chi connectivity index (χ3v) is 3.39. The van der Waals surface area contributed by atoms with Crippen molar-refractivity contribution in [3.63, 3.8) is 0 Å². The zero-order valence-electron chi connectivity index (χ0n) is 14.6. The smallest absolute Gasteiger partial charge is 0.412 e. The minimum Gasteiger partial charge on any atom is -0.450 e. The van der Waals surface area contributed by atoms with Gasteiger partial charge in [-0.3, -0.25) is 15.6 Å². The van der Waals surface area contributed by atoms with Crippen molar-refractivity contribution >= 4 is 18.0 Å². The van der Waals surface area contributed by atoms with E-state index in [4.69, 9.17) is 20.6 Å². The van der Waals surface area contributed by atoms with Crippen molar-refractivity contribution in [3.8, 4) is 0 Å². The largest absolute Gasteiger partial charge is 0.450 e. The van der Waals surface area contributed by atoms with E-state index in [0.29, 0.717) is 11.3 Å². The van der Waals surface area contributed by atoms with Gasteiger partial charge in [0, 0.05) is 11.3 Å². The van der Waals surface area contributed by atoms with Crippen molar-refractivity contribution in [2.24, 2.45) is 5.73 Å². The first-order valence-corrected chi connectivity index (χ1v) is 7.42. The van der Waals surface area contributed by atoms with Gasteiger partial charge in [-0.15, -0.1) is 0 Å². The zero-order chi connectivity index (χ0) is 18.0. The van der Waals surface area contributed by atoms with Crippen LogP contribution < -0.4 is 11.1 Å². The monoisotopic (exact) mass is 326 g/mol. The molecule has 0 aromatic rings. The van der Waals surface area contributed by atoms with Gasteiger partial charge in [-0.25, -0.2) is 9.59 Å². The molecule has 4 N–H and O–H groups in total. The normalized spacial score (nSPS) is 17.0. The minimum absolute atomic E-state index is 0.0823. The molecule has 8 heteroatoms. The van der Waals surface area contributed by atoms with Gasteiger partial charge < -0.3 is 15.2 Å². The van der Waals surface area contributed by atoms with Gasteiger partial charge in [0.15, 0.2) is 0 Å². The Hall–Kier alpha value is -2.25. The number of nitrogens with one attached hydrogen (secondary N) is 2. The number of carbonyl (C=O) groups excluding carboxylic acids is 2. The summed E-state index contributed by atoms with van der Waals surface area (Å²) >= 11 is 0. The molecule has 0 aliphatic carbocycles. The van der Waals surface area contributed by atoms with Crippen LogP contribution in [0.1, 0.15) is 41.5 Å². The average Bonchev–Trinajstić information content (AvgIpc) is 2.59. The van der Waals surface area contributed by atoms with E-state index >= 15 is 0 Å². The van der Waals surface area contributed by atoms with Crippen LogP contribution in [0.25, 0.3) is 0 Å². The number of amidine groups is 1. The summed E-state index contributed by atoms with van der Waals surface area (Å²) in [6.45, 7) is 10.8. The van der Waals surface area contributed by atoms with Crippen LogP contribution >= 0.6 is 0 Å². The van der Waals surface area contributed by atoms with E-state index in [2.05, 4.69) is 5.32 Å². The van der Waals surface area contributed by atoms with E-state index in [1.165, 1.54) is 4.90 Å². The third kappa shape index (κ3) is 4.37. The van der Waals surface area contributed by atoms with E-state index in [0.717, 1.165) is 0 Å². The third-order valence-electron chi connectivity index (χ3n) is 3.39. The van der Waals surface area contributed by atoms with E-state index < -0.39 is 23.3 Å². The Bertz CT molecular complexity index is 546. The molecule has 1 heterocycles. The van der Waals surface area contributed by atoms with Crippen LogP contribution in [0.3, 0.4) is 0 Å². The van der Waals surface area contributed by atoms with Crippen molar-refractivity contribution in [1.29, 1.82) is 5.41 Å². The molecule has 0 bridgehead atoms. The van der Waals surface area contributed by atoms with Crippen LogP contribution in [0.2, 0.25) is 0 Å². The van der Waals surface area contributed by atoms with Crippen molar-refractivity contribution in [2.45, 2.75) is 52.7 Å². The predicted octanol–water partition coefficient (Wildman–Crippen LogP) is 1.95. The molecule has 0 atom stereocenters. The summed E-state index contributed by atoms with van der Waals surface area (Å²) in [4.78, 5) is 25.2. The fraction of sp³-hybridized carbons (Fsp3) is 0.667. The molecule has 0 aromatic carbocycles. The van der Waals surface area contributed by atoms with E-state index in [1.807, 2.05) is 0 Å². The van der Waals surface area contributed by atoms with Crippen molar-refractivity contribution < 1.29 is 19.1 Å². The number of hydrogen-bond acceptors (Lipinski definition) is 6. The maximum Gasteiger partial charge on any atom is 0.412 e. The number of alkyl carbamates (subject to hydrolysis) is 1. The molecule has 8 nitrogen and oxygen atoms in total. The SMILES string of the molecule is CCOC(=O)NC(=N)C1=C(N)C(C)(C)N(C(=O)OC(C)(C)C)C1. The van der Waals surface area contributed by atoms with E-state index in [-0.39, 0.29) is 19.0 Å². The predicted molar refractivity (Wildman–Crippen MR) is 86.1 cm³/mol. The summed E-state index contributed by atoms with van der Waals surface area (Å²) in [5.41, 5.74) is 5.35. The molecule has 1 aliphatic heterocycles. The highest BCUT2D eigenvalue weighted by Gasteiger charge is 2.44. The Kier molecular flexibility index (Phi) is 5.29. The standard InChI is InChI=1S/C15H26N4O4/c1-7-22-12(20)18-11(17)9-8-19(15(5,6)10(9)16)13(21)23-14(2,3)4/h7-8,16H2,1-6H3,(H2,17,18,20). The minimum atomic E-state index is -0.819. The number of ether oxygens (including phenoxy) is 2. The topological polar surface area (TPSA) is 118 Å². The molecule has 0 aromatic heterocycles. The van der Waals surface area contributed by atoms with Gasteiger partial charge in [0.05, 0.1) is 18.7 Å². The van der Waals surface area contributed by atoms with Crippen LogP contribution in [0, 0.1) is 5.41 Å². The summed E-state index contributed by atoms with van der Waals surface area (Å²) in [7, 11) is 0. The summed E-state index contributed by atoms with van der Waals surface area (Å²) in [6, 6.07) is 0. The maximum absolute atomic E-state index is 12.4. The fourth-order valence-corrected chi connectivity index (χ4v) is 2.12. The summed E-state index contributed by atoms with van der Waals surface area (Å²) < 4.78 is 10.1. The number of hydrogen-bond donors (Lipinski definition) is 3. The Morgan fingerprint density at radius 3 is 2.43 bits per heavy atom. The van der Waals surface area contributed by atoms with Gasteiger partial charge >= 0.3 is 12.2 Å². The first kappa shape index (κ1) is 18.8. The molecule has 1 aliphatic rings. The van der Waals surface area contributed by atoms with Crippen LogP contribution in [-0.4, -0.2) is 47.2 Å². The second-order valence-electron chi connectivity index (χ2n) is 6.74. The highest BCUT2D eigenvalue weighted by atomic mass is 16.6. The highest BCUT2D eigenvalue weighted by molar-refractivity contribution is 6.06. The highest BCUT2D eigenvalue weighted by Crippen LogP contribution is 2.32. The second kappa shape index (κ2) is 6.47. The van der Waals surface area contributed by atoms with Gasteiger partial charge in [-0.2, -0.15) is 0 Å². The van der Waals surface area contributed by atoms with Gasteiger partial charge in [0.2, 0.25) is 0 Å². The van der Waals surface area contributed by atoms with Crippen LogP contribution in [0.15, 0.2) is 11.3 Å². The molecule has 23 heavy (non-hydrogen) atoms. The van der Waals surface area contributed by atoms with E-state index in [1.54, 1.807) is 41.5 Å². The van der Waals surface area contributed by atoms with Gasteiger partial charge in [-0.1, -0.05) is 0 Å². The Morgan fingerprint density at radius 1 is 1.39 bits per heavy atom. The molecule has 0 saturated carbocycles. The van der Waals surface area contributed by atoms with Gasteiger partial charge in [-0.05, 0) is 41.5 Å². The molecule has 0 radical (unpaired) electrons. The van der Waals surface area contributed by atoms with Crippen LogP contribution in [0.4, 0.5) is 9.59 Å². The lowest BCUT2D eigenvalue weighted by Crippen LogP contribution is -2.48. The van der Waals surface area contributed by atoms with Crippen molar-refractivity contribution in [1.82, 2.24) is 10.2 Å². The summed E-state index contributed by atoms with van der Waals surface area (Å²) in [6.07, 6.45) is -1.25. The molecule has 130 valence electrons. The molecule has 0 unspecified atom stereocenters. The van der Waals surface area contributed by atoms with Crippen LogP contribution in [-0.2, 0) is 9.47 Å². The molecular formula is C15H26N4O4. The average molecular weight is 326 g/mol. The molecule has 0 spiro atoms. The summed E-state index contributed by atoms with van der Waals surface area (Å²) in [5, 5.41) is 10.3. The Balaban J connectivity index is 2.92. The number of rotatable bonds is 2. The molecule has 2 amide bonds. The number of nitrogens with zero attached hydrogens (tertiary/aromatic N) is 1. The molecule has 1 rings (SSSR count).